The molecule has 0 atom stereocenters. The topological polar surface area (TPSA) is 43.4 Å². The number of carbonyl (C=O) groups excluding carboxylic acids is 2. The first kappa shape index (κ1) is 18.9. The molecule has 0 fully saturated rings. The van der Waals surface area contributed by atoms with Crippen LogP contribution in [-0.2, 0) is 14.3 Å². The fraction of sp³-hybridized carbons (Fsp3) is 0.765. The molecule has 0 aromatic rings. The van der Waals surface area contributed by atoms with E-state index in [0.29, 0.717) is 6.42 Å². The van der Waals surface area contributed by atoms with E-state index in [1.54, 1.807) is 0 Å². The maximum absolute atomic E-state index is 11.3. The highest BCUT2D eigenvalue weighted by Crippen LogP contribution is 2.11. The van der Waals surface area contributed by atoms with E-state index in [2.05, 4.69) is 18.2 Å². The summed E-state index contributed by atoms with van der Waals surface area (Å²) in [6.07, 6.45) is 12.6. The predicted molar refractivity (Wildman–Crippen MR) is 82.4 cm³/mol. The van der Waals surface area contributed by atoms with Crippen molar-refractivity contribution in [3.05, 3.63) is 12.2 Å². The number of ether oxygens (including phenoxy) is 1. The van der Waals surface area contributed by atoms with Gasteiger partial charge in [0.15, 0.2) is 0 Å². The molecule has 0 aliphatic carbocycles. The molecule has 0 heterocycles. The van der Waals surface area contributed by atoms with Gasteiger partial charge in [0.05, 0.1) is 0 Å². The van der Waals surface area contributed by atoms with Gasteiger partial charge in [-0.1, -0.05) is 71.3 Å². The normalized spacial score (nSPS) is 10.3. The van der Waals surface area contributed by atoms with Crippen molar-refractivity contribution in [2.45, 2.75) is 84.5 Å². The van der Waals surface area contributed by atoms with Crippen LogP contribution in [0.4, 0.5) is 0 Å². The number of unbranched alkanes of at least 4 members (excludes halogenated alkanes) is 9. The zero-order chi connectivity index (χ0) is 15.2. The Bertz CT molecular complexity index is 295. The Hall–Kier alpha value is -1.12. The third kappa shape index (κ3) is 11.9. The van der Waals surface area contributed by atoms with Gasteiger partial charge >= 0.3 is 11.9 Å². The van der Waals surface area contributed by atoms with Crippen LogP contribution in [-0.4, -0.2) is 11.9 Å². The Labute approximate surface area is 123 Å². The summed E-state index contributed by atoms with van der Waals surface area (Å²) in [5.74, 6) is -1.04. The molecule has 0 aromatic heterocycles. The number of esters is 2. The Morgan fingerprint density at radius 2 is 1.30 bits per heavy atom. The van der Waals surface area contributed by atoms with Crippen LogP contribution >= 0.6 is 0 Å². The minimum Gasteiger partial charge on any atom is -0.390 e. The van der Waals surface area contributed by atoms with E-state index in [1.165, 1.54) is 51.9 Å². The first-order valence-electron chi connectivity index (χ1n) is 7.98. The summed E-state index contributed by atoms with van der Waals surface area (Å²) in [4.78, 5) is 22.4. The molecule has 3 nitrogen and oxygen atoms in total. The third-order valence-electron chi connectivity index (χ3n) is 3.29. The molecule has 0 N–H and O–H groups in total. The summed E-state index contributed by atoms with van der Waals surface area (Å²) >= 11 is 0. The third-order valence-corrected chi connectivity index (χ3v) is 3.29. The van der Waals surface area contributed by atoms with E-state index < -0.39 is 11.9 Å². The zero-order valence-corrected chi connectivity index (χ0v) is 13.2. The molecule has 0 amide bonds. The summed E-state index contributed by atoms with van der Waals surface area (Å²) in [6.45, 7) is 7.21. The van der Waals surface area contributed by atoms with Gasteiger partial charge in [0.1, 0.15) is 0 Å². The van der Waals surface area contributed by atoms with Crippen LogP contribution in [0, 0.1) is 0 Å². The van der Waals surface area contributed by atoms with Crippen LogP contribution < -0.4 is 0 Å². The Morgan fingerprint density at radius 3 is 1.75 bits per heavy atom. The van der Waals surface area contributed by atoms with Crippen molar-refractivity contribution in [3.8, 4) is 0 Å². The van der Waals surface area contributed by atoms with E-state index >= 15 is 0 Å². The van der Waals surface area contributed by atoms with E-state index in [4.69, 9.17) is 0 Å². The second kappa shape index (κ2) is 12.9. The highest BCUT2D eigenvalue weighted by atomic mass is 16.6. The van der Waals surface area contributed by atoms with Gasteiger partial charge in [-0.15, -0.1) is 0 Å². The number of hydrogen-bond acceptors (Lipinski definition) is 3. The van der Waals surface area contributed by atoms with Gasteiger partial charge in [0.2, 0.25) is 0 Å². The van der Waals surface area contributed by atoms with Crippen molar-refractivity contribution in [3.63, 3.8) is 0 Å². The van der Waals surface area contributed by atoms with Gasteiger partial charge in [-0.2, -0.15) is 0 Å². The average molecular weight is 282 g/mol. The van der Waals surface area contributed by atoms with Crippen molar-refractivity contribution in [2.24, 2.45) is 0 Å². The van der Waals surface area contributed by atoms with Gasteiger partial charge in [-0.25, -0.2) is 4.79 Å². The lowest BCUT2D eigenvalue weighted by Gasteiger charge is -2.03. The van der Waals surface area contributed by atoms with Gasteiger partial charge in [0, 0.05) is 12.0 Å². The maximum atomic E-state index is 11.3. The molecule has 20 heavy (non-hydrogen) atoms. The molecule has 0 aliphatic rings. The van der Waals surface area contributed by atoms with Gasteiger partial charge in [-0.3, -0.25) is 4.79 Å². The van der Waals surface area contributed by atoms with Crippen LogP contribution in [0.2, 0.25) is 0 Å². The Balaban J connectivity index is 3.29. The van der Waals surface area contributed by atoms with Gasteiger partial charge in [-0.05, 0) is 13.3 Å². The van der Waals surface area contributed by atoms with Crippen molar-refractivity contribution in [1.82, 2.24) is 0 Å². The second-order valence-corrected chi connectivity index (χ2v) is 5.47. The van der Waals surface area contributed by atoms with Crippen LogP contribution in [0.1, 0.15) is 84.5 Å². The molecule has 3 heteroatoms. The number of carbonyl (C=O) groups is 2. The van der Waals surface area contributed by atoms with E-state index in [1.807, 2.05) is 0 Å². The van der Waals surface area contributed by atoms with E-state index in [-0.39, 0.29) is 5.57 Å². The van der Waals surface area contributed by atoms with Crippen molar-refractivity contribution < 1.29 is 14.3 Å². The van der Waals surface area contributed by atoms with Crippen LogP contribution in [0.5, 0.6) is 0 Å². The van der Waals surface area contributed by atoms with Crippen LogP contribution in [0.25, 0.3) is 0 Å². The first-order chi connectivity index (χ1) is 9.57. The molecule has 0 bridgehead atoms. The molecule has 0 saturated carbocycles. The number of rotatable bonds is 12. The van der Waals surface area contributed by atoms with Crippen molar-refractivity contribution >= 4 is 11.9 Å². The Kier molecular flexibility index (Phi) is 12.2. The lowest BCUT2D eigenvalue weighted by molar-refractivity contribution is -0.156. The lowest BCUT2D eigenvalue weighted by Crippen LogP contribution is -2.12. The molecule has 0 aromatic carbocycles. The first-order valence-corrected chi connectivity index (χ1v) is 7.98. The summed E-state index contributed by atoms with van der Waals surface area (Å²) in [5.41, 5.74) is 0.265. The molecule has 0 spiro atoms. The Morgan fingerprint density at radius 1 is 0.850 bits per heavy atom. The quantitative estimate of drug-likeness (QED) is 0.220. The fourth-order valence-corrected chi connectivity index (χ4v) is 2.00. The molecule has 0 unspecified atom stereocenters. The van der Waals surface area contributed by atoms with Crippen LogP contribution in [0.3, 0.4) is 0 Å². The predicted octanol–water partition coefficient (Wildman–Crippen LogP) is 4.94. The summed E-state index contributed by atoms with van der Waals surface area (Å²) in [7, 11) is 0. The minimum absolute atomic E-state index is 0.265. The number of hydrogen-bond donors (Lipinski definition) is 0. The summed E-state index contributed by atoms with van der Waals surface area (Å²) in [5, 5.41) is 0. The van der Waals surface area contributed by atoms with Gasteiger partial charge < -0.3 is 4.74 Å². The second-order valence-electron chi connectivity index (χ2n) is 5.47. The smallest absolute Gasteiger partial charge is 0.340 e. The monoisotopic (exact) mass is 282 g/mol. The largest absolute Gasteiger partial charge is 0.390 e. The van der Waals surface area contributed by atoms with Crippen molar-refractivity contribution in [2.75, 3.05) is 0 Å². The molecule has 0 saturated heterocycles. The zero-order valence-electron chi connectivity index (χ0n) is 13.2. The highest BCUT2D eigenvalue weighted by molar-refractivity contribution is 5.95. The molecule has 0 rings (SSSR count). The molecule has 116 valence electrons. The van der Waals surface area contributed by atoms with E-state index in [0.717, 1.165) is 19.3 Å². The molecule has 0 aliphatic heterocycles. The van der Waals surface area contributed by atoms with Crippen LogP contribution in [0.15, 0.2) is 12.2 Å². The standard InChI is InChI=1S/C17H30O3/c1-4-5-6-7-8-9-10-11-12-13-14-16(18)20-17(19)15(2)3/h2,4-14H2,1,3H3. The fourth-order valence-electron chi connectivity index (χ4n) is 2.00. The minimum atomic E-state index is -0.609. The highest BCUT2D eigenvalue weighted by Gasteiger charge is 2.10. The molecular formula is C17H30O3. The lowest BCUT2D eigenvalue weighted by atomic mass is 10.1. The van der Waals surface area contributed by atoms with Gasteiger partial charge in [0.25, 0.3) is 0 Å². The van der Waals surface area contributed by atoms with E-state index in [9.17, 15) is 9.59 Å². The summed E-state index contributed by atoms with van der Waals surface area (Å²) < 4.78 is 4.62. The molecular weight excluding hydrogens is 252 g/mol. The average Bonchev–Trinajstić information content (AvgIpc) is 2.40. The van der Waals surface area contributed by atoms with Crippen molar-refractivity contribution in [1.29, 1.82) is 0 Å². The SMILES string of the molecule is C=C(C)C(=O)OC(=O)CCCCCCCCCCCC. The summed E-state index contributed by atoms with van der Waals surface area (Å²) in [6, 6.07) is 0. The molecule has 0 radical (unpaired) electrons. The maximum Gasteiger partial charge on any atom is 0.340 e.